The van der Waals surface area contributed by atoms with Gasteiger partial charge in [-0.1, -0.05) is 226 Å². The summed E-state index contributed by atoms with van der Waals surface area (Å²) in [5.74, 6) is -0.580. The van der Waals surface area contributed by atoms with Crippen LogP contribution in [0.25, 0.3) is 0 Å². The summed E-state index contributed by atoms with van der Waals surface area (Å²) < 4.78 is 0. The highest BCUT2D eigenvalue weighted by Gasteiger charge is 2.28. The zero-order chi connectivity index (χ0) is 36.0. The fourth-order valence-electron chi connectivity index (χ4n) is 7.05. The highest BCUT2D eigenvalue weighted by atomic mass is 16.3. The number of carbonyl (C=O) groups excluding carboxylic acids is 1. The van der Waals surface area contributed by atoms with Gasteiger partial charge in [0.2, 0.25) is 5.91 Å². The average molecular weight is 698 g/mol. The van der Waals surface area contributed by atoms with Crippen LogP contribution in [-0.2, 0) is 4.79 Å². The standard InChI is InChI=1S/C43H87NO5/c1-3-5-7-9-11-13-15-17-18-19-20-21-22-23-24-25-27-29-31-33-35-37-41(47)43(49)44-39(38-45)42(48)40(46)36-34-32-30-28-26-16-14-12-10-8-6-4-2/h39-42,45-48H,3-38H2,1-2H3,(H,44,49)/t39-,40-,41-,42+/m1/s1. The molecule has 1 amide bonds. The van der Waals surface area contributed by atoms with Crippen LogP contribution in [0, 0.1) is 0 Å². The number of unbranched alkanes of at least 4 members (excludes halogenated alkanes) is 31. The Morgan fingerprint density at radius 1 is 0.429 bits per heavy atom. The van der Waals surface area contributed by atoms with E-state index in [0.717, 1.165) is 38.5 Å². The molecule has 0 radical (unpaired) electrons. The van der Waals surface area contributed by atoms with E-state index >= 15 is 0 Å². The molecule has 0 aromatic rings. The Balaban J connectivity index is 3.66. The molecule has 49 heavy (non-hydrogen) atoms. The Hall–Kier alpha value is -0.690. The summed E-state index contributed by atoms with van der Waals surface area (Å²) in [6.45, 7) is 4.05. The van der Waals surface area contributed by atoms with Crippen LogP contribution < -0.4 is 5.32 Å². The van der Waals surface area contributed by atoms with Crippen molar-refractivity contribution in [2.45, 2.75) is 263 Å². The number of amides is 1. The van der Waals surface area contributed by atoms with Crippen molar-refractivity contribution in [1.82, 2.24) is 5.32 Å². The SMILES string of the molecule is CCCCCCCCCCCCCCCCCCCCCCC[C@@H](O)C(=O)N[C@H](CO)[C@H](O)[C@H](O)CCCCCCCCCCCCCC. The number of aliphatic hydroxyl groups is 4. The molecule has 294 valence electrons. The molecule has 4 atom stereocenters. The maximum absolute atomic E-state index is 12.5. The van der Waals surface area contributed by atoms with Gasteiger partial charge in [0.25, 0.3) is 0 Å². The topological polar surface area (TPSA) is 110 Å². The van der Waals surface area contributed by atoms with Crippen molar-refractivity contribution in [2.24, 2.45) is 0 Å². The van der Waals surface area contributed by atoms with Crippen LogP contribution in [0.3, 0.4) is 0 Å². The van der Waals surface area contributed by atoms with E-state index in [1.807, 2.05) is 0 Å². The van der Waals surface area contributed by atoms with E-state index < -0.39 is 36.9 Å². The van der Waals surface area contributed by atoms with Crippen LogP contribution in [0.4, 0.5) is 0 Å². The first kappa shape index (κ1) is 48.3. The van der Waals surface area contributed by atoms with E-state index in [1.165, 1.54) is 173 Å². The molecule has 0 aromatic heterocycles. The zero-order valence-corrected chi connectivity index (χ0v) is 33.0. The molecular formula is C43H87NO5. The van der Waals surface area contributed by atoms with Crippen molar-refractivity contribution >= 4 is 5.91 Å². The van der Waals surface area contributed by atoms with Gasteiger partial charge >= 0.3 is 0 Å². The Morgan fingerprint density at radius 2 is 0.694 bits per heavy atom. The van der Waals surface area contributed by atoms with Crippen LogP contribution in [0.2, 0.25) is 0 Å². The molecule has 0 heterocycles. The molecule has 5 N–H and O–H groups in total. The van der Waals surface area contributed by atoms with Gasteiger partial charge in [-0.05, 0) is 12.8 Å². The minimum absolute atomic E-state index is 0.376. The van der Waals surface area contributed by atoms with E-state index in [1.54, 1.807) is 0 Å². The highest BCUT2D eigenvalue weighted by Crippen LogP contribution is 2.17. The van der Waals surface area contributed by atoms with Crippen molar-refractivity contribution in [3.05, 3.63) is 0 Å². The number of hydrogen-bond donors (Lipinski definition) is 5. The second-order valence-electron chi connectivity index (χ2n) is 15.4. The summed E-state index contributed by atoms with van der Waals surface area (Å²) in [6, 6.07) is -0.978. The van der Waals surface area contributed by atoms with Gasteiger partial charge in [-0.3, -0.25) is 4.79 Å². The summed E-state index contributed by atoms with van der Waals surface area (Å²) >= 11 is 0. The maximum Gasteiger partial charge on any atom is 0.249 e. The summed E-state index contributed by atoms with van der Waals surface area (Å²) in [7, 11) is 0. The number of hydrogen-bond acceptors (Lipinski definition) is 5. The smallest absolute Gasteiger partial charge is 0.249 e. The first-order valence-corrected chi connectivity index (χ1v) is 21.9. The Morgan fingerprint density at radius 3 is 0.980 bits per heavy atom. The summed E-state index contributed by atoms with van der Waals surface area (Å²) in [4.78, 5) is 12.5. The number of nitrogens with one attached hydrogen (secondary N) is 1. The van der Waals surface area contributed by atoms with Gasteiger partial charge in [0, 0.05) is 0 Å². The lowest BCUT2D eigenvalue weighted by Gasteiger charge is -2.27. The van der Waals surface area contributed by atoms with Crippen molar-refractivity contribution in [1.29, 1.82) is 0 Å². The third-order valence-electron chi connectivity index (χ3n) is 10.6. The third kappa shape index (κ3) is 32.9. The Bertz CT molecular complexity index is 662. The molecule has 0 aliphatic heterocycles. The van der Waals surface area contributed by atoms with Gasteiger partial charge in [0.15, 0.2) is 0 Å². The molecule has 0 aliphatic rings. The fourth-order valence-corrected chi connectivity index (χ4v) is 7.05. The lowest BCUT2D eigenvalue weighted by Crippen LogP contribution is -2.53. The normalized spacial score (nSPS) is 14.2. The highest BCUT2D eigenvalue weighted by molar-refractivity contribution is 5.80. The number of carbonyl (C=O) groups is 1. The van der Waals surface area contributed by atoms with Crippen molar-refractivity contribution < 1.29 is 25.2 Å². The predicted molar refractivity (Wildman–Crippen MR) is 210 cm³/mol. The van der Waals surface area contributed by atoms with Gasteiger partial charge in [0.05, 0.1) is 18.8 Å². The second kappa shape index (κ2) is 38.5. The fraction of sp³-hybridized carbons (Fsp3) is 0.977. The lowest BCUT2D eigenvalue weighted by atomic mass is 9.99. The van der Waals surface area contributed by atoms with Gasteiger partial charge < -0.3 is 25.7 Å². The molecule has 0 spiro atoms. The van der Waals surface area contributed by atoms with Crippen LogP contribution in [0.15, 0.2) is 0 Å². The van der Waals surface area contributed by atoms with Crippen molar-refractivity contribution in [3.63, 3.8) is 0 Å². The molecule has 0 rings (SSSR count). The monoisotopic (exact) mass is 698 g/mol. The van der Waals surface area contributed by atoms with Crippen molar-refractivity contribution in [2.75, 3.05) is 6.61 Å². The molecule has 0 fully saturated rings. The van der Waals surface area contributed by atoms with Crippen molar-refractivity contribution in [3.8, 4) is 0 Å². The molecule has 0 bridgehead atoms. The zero-order valence-electron chi connectivity index (χ0n) is 33.0. The predicted octanol–water partition coefficient (Wildman–Crippen LogP) is 11.2. The van der Waals surface area contributed by atoms with Gasteiger partial charge in [0.1, 0.15) is 12.2 Å². The van der Waals surface area contributed by atoms with Crippen LogP contribution >= 0.6 is 0 Å². The Kier molecular flexibility index (Phi) is 38.0. The lowest BCUT2D eigenvalue weighted by molar-refractivity contribution is -0.132. The molecule has 0 saturated carbocycles. The number of aliphatic hydroxyl groups excluding tert-OH is 4. The average Bonchev–Trinajstić information content (AvgIpc) is 3.11. The molecule has 0 unspecified atom stereocenters. The summed E-state index contributed by atoms with van der Waals surface area (Å²) in [5.41, 5.74) is 0. The van der Waals surface area contributed by atoms with Crippen LogP contribution in [-0.4, -0.2) is 57.3 Å². The molecule has 0 aromatic carbocycles. The summed E-state index contributed by atoms with van der Waals surface area (Å²) in [5, 5.41) is 43.6. The van der Waals surface area contributed by atoms with Gasteiger partial charge in [-0.15, -0.1) is 0 Å². The largest absolute Gasteiger partial charge is 0.394 e. The van der Waals surface area contributed by atoms with Gasteiger partial charge in [-0.2, -0.15) is 0 Å². The van der Waals surface area contributed by atoms with E-state index in [2.05, 4.69) is 19.2 Å². The van der Waals surface area contributed by atoms with E-state index in [-0.39, 0.29) is 0 Å². The van der Waals surface area contributed by atoms with E-state index in [4.69, 9.17) is 0 Å². The maximum atomic E-state index is 12.5. The minimum atomic E-state index is -1.25. The third-order valence-corrected chi connectivity index (χ3v) is 10.6. The summed E-state index contributed by atoms with van der Waals surface area (Å²) in [6.07, 6.45) is 39.9. The first-order valence-electron chi connectivity index (χ1n) is 21.9. The van der Waals surface area contributed by atoms with Crippen LogP contribution in [0.5, 0.6) is 0 Å². The molecule has 6 heteroatoms. The number of rotatable bonds is 40. The van der Waals surface area contributed by atoms with Crippen LogP contribution in [0.1, 0.15) is 239 Å². The minimum Gasteiger partial charge on any atom is -0.394 e. The van der Waals surface area contributed by atoms with E-state index in [9.17, 15) is 25.2 Å². The first-order chi connectivity index (χ1) is 24.0. The quantitative estimate of drug-likeness (QED) is 0.0409. The molecule has 6 nitrogen and oxygen atoms in total. The molecular weight excluding hydrogens is 610 g/mol. The Labute approximate surface area is 305 Å². The second-order valence-corrected chi connectivity index (χ2v) is 15.4. The van der Waals surface area contributed by atoms with E-state index in [0.29, 0.717) is 12.8 Å². The molecule has 0 saturated heterocycles. The molecule has 0 aliphatic carbocycles. The van der Waals surface area contributed by atoms with Gasteiger partial charge in [-0.25, -0.2) is 0 Å².